The van der Waals surface area contributed by atoms with Crippen LogP contribution in [0.5, 0.6) is 0 Å². The van der Waals surface area contributed by atoms with Gasteiger partial charge in [0.15, 0.2) is 0 Å². The molecule has 0 radical (unpaired) electrons. The summed E-state index contributed by atoms with van der Waals surface area (Å²) in [6, 6.07) is 28.7. The van der Waals surface area contributed by atoms with Gasteiger partial charge in [0, 0.05) is 6.92 Å². The molecule has 0 bridgehead atoms. The van der Waals surface area contributed by atoms with Gasteiger partial charge in [0.2, 0.25) is 12.2 Å². The standard InChI is InChI=1S/C31H32Cl3NO7/c1-21(36)37-20-25-26(38-17-22-11-5-2-6-12-22)27(39-18-23-13-7-3-8-14-23)28(40-19-24-15-9-4-10-16-24)29(41-25)42-30(35)31(32,33)34/h2-16,25-29,35H,17-20H2,1H3/t25?,26-,27-,28?,29+/m1/s1. The number of hydrogen-bond acceptors (Lipinski definition) is 8. The van der Waals surface area contributed by atoms with Crippen LogP contribution in [0.25, 0.3) is 0 Å². The molecule has 0 aromatic heterocycles. The maximum absolute atomic E-state index is 11.8. The van der Waals surface area contributed by atoms with Gasteiger partial charge >= 0.3 is 5.97 Å². The van der Waals surface area contributed by atoms with Gasteiger partial charge in [-0.05, 0) is 16.7 Å². The second-order valence-corrected chi connectivity index (χ2v) is 11.9. The van der Waals surface area contributed by atoms with Crippen molar-refractivity contribution in [1.29, 1.82) is 5.41 Å². The van der Waals surface area contributed by atoms with Gasteiger partial charge in [-0.2, -0.15) is 0 Å². The molecule has 4 rings (SSSR count). The summed E-state index contributed by atoms with van der Waals surface area (Å²) in [5.41, 5.74) is 2.72. The monoisotopic (exact) mass is 635 g/mol. The second-order valence-electron chi connectivity index (χ2n) is 9.57. The Morgan fingerprint density at radius 2 is 1.17 bits per heavy atom. The van der Waals surface area contributed by atoms with Crippen LogP contribution in [-0.4, -0.2) is 53.0 Å². The first-order valence-corrected chi connectivity index (χ1v) is 14.4. The van der Waals surface area contributed by atoms with Gasteiger partial charge in [0.05, 0.1) is 19.8 Å². The molecule has 11 heteroatoms. The van der Waals surface area contributed by atoms with Crippen LogP contribution in [0.4, 0.5) is 0 Å². The fourth-order valence-corrected chi connectivity index (χ4v) is 4.49. The predicted molar refractivity (Wildman–Crippen MR) is 159 cm³/mol. The van der Waals surface area contributed by atoms with E-state index in [4.69, 9.17) is 68.6 Å². The van der Waals surface area contributed by atoms with Gasteiger partial charge in [0.1, 0.15) is 31.0 Å². The highest BCUT2D eigenvalue weighted by molar-refractivity contribution is 6.76. The maximum atomic E-state index is 11.8. The highest BCUT2D eigenvalue weighted by atomic mass is 35.6. The summed E-state index contributed by atoms with van der Waals surface area (Å²) in [4.78, 5) is 11.8. The van der Waals surface area contributed by atoms with Crippen molar-refractivity contribution in [3.8, 4) is 0 Å². The molecular formula is C31H32Cl3NO7. The number of ether oxygens (including phenoxy) is 6. The number of carbonyl (C=O) groups excluding carboxylic acids is 1. The highest BCUT2D eigenvalue weighted by Gasteiger charge is 2.51. The number of nitrogens with one attached hydrogen (secondary N) is 1. The van der Waals surface area contributed by atoms with Crippen LogP contribution in [0.3, 0.4) is 0 Å². The molecule has 42 heavy (non-hydrogen) atoms. The molecule has 3 aromatic rings. The SMILES string of the molecule is CC(=O)OCC1O[C@@H](OC(=N)C(Cl)(Cl)Cl)C(OCc2ccccc2)[C@H](OCc2ccccc2)[C@@H]1OCc1ccccc1. The van der Waals surface area contributed by atoms with Gasteiger partial charge in [-0.1, -0.05) is 126 Å². The number of esters is 1. The average Bonchev–Trinajstić information content (AvgIpc) is 2.98. The van der Waals surface area contributed by atoms with Crippen LogP contribution in [0.1, 0.15) is 23.6 Å². The van der Waals surface area contributed by atoms with Crippen molar-refractivity contribution in [2.45, 2.75) is 61.2 Å². The van der Waals surface area contributed by atoms with Crippen LogP contribution < -0.4 is 0 Å². The fraction of sp³-hybridized carbons (Fsp3) is 0.355. The van der Waals surface area contributed by atoms with E-state index in [9.17, 15) is 4.79 Å². The summed E-state index contributed by atoms with van der Waals surface area (Å²) >= 11 is 17.8. The average molecular weight is 637 g/mol. The lowest BCUT2D eigenvalue weighted by Gasteiger charge is -2.45. The third-order valence-electron chi connectivity index (χ3n) is 6.39. The van der Waals surface area contributed by atoms with Crippen molar-refractivity contribution in [2.24, 2.45) is 0 Å². The summed E-state index contributed by atoms with van der Waals surface area (Å²) < 4.78 is 34.4. The van der Waals surface area contributed by atoms with E-state index >= 15 is 0 Å². The third-order valence-corrected chi connectivity index (χ3v) is 6.90. The van der Waals surface area contributed by atoms with Crippen molar-refractivity contribution >= 4 is 46.7 Å². The molecule has 0 aliphatic carbocycles. The Bertz CT molecular complexity index is 1260. The van der Waals surface area contributed by atoms with E-state index in [1.54, 1.807) is 0 Å². The van der Waals surface area contributed by atoms with E-state index in [1.807, 2.05) is 91.0 Å². The third kappa shape index (κ3) is 9.67. The molecular weight excluding hydrogens is 605 g/mol. The molecule has 1 aliphatic heterocycles. The van der Waals surface area contributed by atoms with Gasteiger partial charge in [-0.3, -0.25) is 10.2 Å². The zero-order valence-electron chi connectivity index (χ0n) is 22.9. The Morgan fingerprint density at radius 3 is 1.60 bits per heavy atom. The molecule has 2 unspecified atom stereocenters. The van der Waals surface area contributed by atoms with E-state index in [1.165, 1.54) is 6.92 Å². The summed E-state index contributed by atoms with van der Waals surface area (Å²) in [6.07, 6.45) is -4.69. The van der Waals surface area contributed by atoms with E-state index in [0.717, 1.165) is 16.7 Å². The molecule has 1 N–H and O–H groups in total. The topological polar surface area (TPSA) is 96.3 Å². The van der Waals surface area contributed by atoms with E-state index in [-0.39, 0.29) is 26.4 Å². The first-order valence-electron chi connectivity index (χ1n) is 13.3. The number of carbonyl (C=O) groups is 1. The fourth-order valence-electron chi connectivity index (χ4n) is 4.36. The van der Waals surface area contributed by atoms with Crippen LogP contribution in [-0.2, 0) is 53.0 Å². The van der Waals surface area contributed by atoms with E-state index in [2.05, 4.69) is 0 Å². The van der Waals surface area contributed by atoms with Gasteiger partial charge in [0.25, 0.3) is 3.79 Å². The predicted octanol–water partition coefficient (Wildman–Crippen LogP) is 6.39. The molecule has 1 fully saturated rings. The number of benzene rings is 3. The molecule has 0 amide bonds. The number of halogens is 3. The molecule has 224 valence electrons. The van der Waals surface area contributed by atoms with Crippen molar-refractivity contribution in [1.82, 2.24) is 0 Å². The smallest absolute Gasteiger partial charge is 0.302 e. The Morgan fingerprint density at radius 1 is 0.738 bits per heavy atom. The lowest BCUT2D eigenvalue weighted by atomic mass is 9.97. The Labute approximate surface area is 260 Å². The molecule has 1 heterocycles. The molecule has 0 saturated carbocycles. The van der Waals surface area contributed by atoms with Gasteiger partial charge < -0.3 is 28.4 Å². The minimum atomic E-state index is -2.15. The lowest BCUT2D eigenvalue weighted by Crippen LogP contribution is -2.62. The van der Waals surface area contributed by atoms with E-state index < -0.39 is 46.4 Å². The largest absolute Gasteiger partial charge is 0.463 e. The Kier molecular flexibility index (Phi) is 12.0. The zero-order valence-corrected chi connectivity index (χ0v) is 25.1. The zero-order chi connectivity index (χ0) is 30.0. The Hall–Kier alpha value is -2.69. The molecule has 3 aromatic carbocycles. The van der Waals surface area contributed by atoms with Gasteiger partial charge in [-0.15, -0.1) is 0 Å². The first-order chi connectivity index (χ1) is 20.2. The minimum absolute atomic E-state index is 0.168. The highest BCUT2D eigenvalue weighted by Crippen LogP contribution is 2.34. The van der Waals surface area contributed by atoms with Crippen LogP contribution in [0.2, 0.25) is 0 Å². The summed E-state index contributed by atoms with van der Waals surface area (Å²) in [6.45, 7) is 1.71. The number of rotatable bonds is 12. The van der Waals surface area contributed by atoms with Crippen molar-refractivity contribution in [2.75, 3.05) is 6.61 Å². The number of hydrogen-bond donors (Lipinski definition) is 1. The van der Waals surface area contributed by atoms with Crippen molar-refractivity contribution in [3.63, 3.8) is 0 Å². The quantitative estimate of drug-likeness (QED) is 0.106. The van der Waals surface area contributed by atoms with Crippen LogP contribution in [0.15, 0.2) is 91.0 Å². The molecule has 0 spiro atoms. The van der Waals surface area contributed by atoms with Crippen molar-refractivity contribution < 1.29 is 33.2 Å². The van der Waals surface area contributed by atoms with Crippen LogP contribution >= 0.6 is 34.8 Å². The molecule has 8 nitrogen and oxygen atoms in total. The normalized spacial score (nSPS) is 22.3. The van der Waals surface area contributed by atoms with Crippen molar-refractivity contribution in [3.05, 3.63) is 108 Å². The second kappa shape index (κ2) is 15.7. The molecule has 1 aliphatic rings. The molecule has 1 saturated heterocycles. The summed E-state index contributed by atoms with van der Waals surface area (Å²) in [7, 11) is 0. The minimum Gasteiger partial charge on any atom is -0.463 e. The lowest BCUT2D eigenvalue weighted by molar-refractivity contribution is -0.312. The summed E-state index contributed by atoms with van der Waals surface area (Å²) in [5, 5.41) is 8.23. The Balaban J connectivity index is 1.68. The maximum Gasteiger partial charge on any atom is 0.302 e. The first kappa shape index (κ1) is 32.2. The van der Waals surface area contributed by atoms with Gasteiger partial charge in [-0.25, -0.2) is 0 Å². The molecule has 5 atom stereocenters. The van der Waals surface area contributed by atoms with E-state index in [0.29, 0.717) is 0 Å². The number of alkyl halides is 3. The van der Waals surface area contributed by atoms with Crippen LogP contribution in [0, 0.1) is 5.41 Å². The summed E-state index contributed by atoms with van der Waals surface area (Å²) in [5.74, 6) is -1.17.